The highest BCUT2D eigenvalue weighted by Crippen LogP contribution is 2.27. The van der Waals surface area contributed by atoms with E-state index in [-0.39, 0.29) is 17.7 Å². The van der Waals surface area contributed by atoms with Gasteiger partial charge in [-0.25, -0.2) is 4.39 Å². The fourth-order valence-corrected chi connectivity index (χ4v) is 1.92. The maximum absolute atomic E-state index is 13.6. The van der Waals surface area contributed by atoms with Gasteiger partial charge in [-0.1, -0.05) is 12.1 Å². The molecule has 0 radical (unpaired) electrons. The molecular formula is C12H15FO2. The quantitative estimate of drug-likeness (QED) is 0.812. The van der Waals surface area contributed by atoms with Crippen molar-refractivity contribution in [3.05, 3.63) is 29.6 Å². The zero-order valence-corrected chi connectivity index (χ0v) is 8.74. The zero-order valence-electron chi connectivity index (χ0n) is 8.74. The van der Waals surface area contributed by atoms with Crippen molar-refractivity contribution in [3.63, 3.8) is 0 Å². The maximum Gasteiger partial charge on any atom is 0.167 e. The molecule has 2 nitrogen and oxygen atoms in total. The standard InChI is InChI=1S/C12H15FO2/c1-8-4-2-7-11(12(8)13)15-10-6-3-5-9(10)14/h2,4,7,9-10,14H,3,5-6H2,1H3/t9-,10-/m0/s1. The van der Waals surface area contributed by atoms with Crippen molar-refractivity contribution >= 4 is 0 Å². The molecule has 1 saturated carbocycles. The summed E-state index contributed by atoms with van der Waals surface area (Å²) < 4.78 is 19.0. The lowest BCUT2D eigenvalue weighted by atomic mass is 10.2. The summed E-state index contributed by atoms with van der Waals surface area (Å²) in [5, 5.41) is 9.56. The largest absolute Gasteiger partial charge is 0.485 e. The van der Waals surface area contributed by atoms with Crippen LogP contribution in [0.2, 0.25) is 0 Å². The number of benzene rings is 1. The number of hydrogen-bond acceptors (Lipinski definition) is 2. The van der Waals surface area contributed by atoms with Gasteiger partial charge in [0.1, 0.15) is 6.10 Å². The van der Waals surface area contributed by atoms with Crippen LogP contribution in [0.15, 0.2) is 18.2 Å². The van der Waals surface area contributed by atoms with Gasteiger partial charge in [-0.3, -0.25) is 0 Å². The molecule has 2 atom stereocenters. The second kappa shape index (κ2) is 4.19. The van der Waals surface area contributed by atoms with Gasteiger partial charge in [-0.15, -0.1) is 0 Å². The van der Waals surface area contributed by atoms with Crippen LogP contribution in [0.1, 0.15) is 24.8 Å². The van der Waals surface area contributed by atoms with Gasteiger partial charge in [0.05, 0.1) is 6.10 Å². The first-order chi connectivity index (χ1) is 7.18. The van der Waals surface area contributed by atoms with Gasteiger partial charge in [0, 0.05) is 0 Å². The van der Waals surface area contributed by atoms with Crippen LogP contribution in [0.3, 0.4) is 0 Å². The van der Waals surface area contributed by atoms with Crippen molar-refractivity contribution in [3.8, 4) is 5.75 Å². The van der Waals surface area contributed by atoms with Crippen LogP contribution in [0.4, 0.5) is 4.39 Å². The van der Waals surface area contributed by atoms with Crippen LogP contribution in [-0.2, 0) is 0 Å². The third-order valence-electron chi connectivity index (χ3n) is 2.85. The Kier molecular flexibility index (Phi) is 2.91. The van der Waals surface area contributed by atoms with Gasteiger partial charge in [-0.05, 0) is 37.8 Å². The second-order valence-corrected chi connectivity index (χ2v) is 4.04. The monoisotopic (exact) mass is 210 g/mol. The Hall–Kier alpha value is -1.09. The van der Waals surface area contributed by atoms with Crippen LogP contribution < -0.4 is 4.74 Å². The predicted molar refractivity (Wildman–Crippen MR) is 55.4 cm³/mol. The van der Waals surface area contributed by atoms with Gasteiger partial charge < -0.3 is 9.84 Å². The van der Waals surface area contributed by atoms with E-state index < -0.39 is 6.10 Å². The molecule has 3 heteroatoms. The van der Waals surface area contributed by atoms with Crippen molar-refractivity contribution in [2.45, 2.75) is 38.4 Å². The molecule has 2 rings (SSSR count). The fourth-order valence-electron chi connectivity index (χ4n) is 1.92. The number of hydrogen-bond donors (Lipinski definition) is 1. The molecule has 1 aromatic rings. The topological polar surface area (TPSA) is 29.5 Å². The van der Waals surface area contributed by atoms with Crippen LogP contribution in [0.5, 0.6) is 5.75 Å². The van der Waals surface area contributed by atoms with Crippen LogP contribution in [0, 0.1) is 12.7 Å². The lowest BCUT2D eigenvalue weighted by molar-refractivity contribution is 0.0578. The van der Waals surface area contributed by atoms with Gasteiger partial charge in [0.2, 0.25) is 0 Å². The molecule has 0 heterocycles. The average Bonchev–Trinajstić information content (AvgIpc) is 2.60. The van der Waals surface area contributed by atoms with E-state index in [4.69, 9.17) is 4.74 Å². The Balaban J connectivity index is 2.13. The molecule has 0 aromatic heterocycles. The van der Waals surface area contributed by atoms with Crippen LogP contribution in [0.25, 0.3) is 0 Å². The van der Waals surface area contributed by atoms with E-state index in [2.05, 4.69) is 0 Å². The molecule has 1 N–H and O–H groups in total. The number of ether oxygens (including phenoxy) is 1. The highest BCUT2D eigenvalue weighted by atomic mass is 19.1. The van der Waals surface area contributed by atoms with E-state index in [1.165, 1.54) is 0 Å². The molecule has 0 unspecified atom stereocenters. The number of aliphatic hydroxyl groups is 1. The van der Waals surface area contributed by atoms with Crippen molar-refractivity contribution in [2.24, 2.45) is 0 Å². The minimum atomic E-state index is -0.454. The summed E-state index contributed by atoms with van der Waals surface area (Å²) in [6.45, 7) is 1.70. The number of rotatable bonds is 2. The second-order valence-electron chi connectivity index (χ2n) is 4.04. The van der Waals surface area contributed by atoms with E-state index in [1.807, 2.05) is 0 Å². The molecule has 0 bridgehead atoms. The predicted octanol–water partition coefficient (Wildman–Crippen LogP) is 2.43. The first kappa shape index (κ1) is 10.4. The van der Waals surface area contributed by atoms with E-state index in [1.54, 1.807) is 25.1 Å². The lowest BCUT2D eigenvalue weighted by Crippen LogP contribution is -2.26. The SMILES string of the molecule is Cc1cccc(O[C@H]2CCC[C@@H]2O)c1F. The van der Waals surface area contributed by atoms with Crippen molar-refractivity contribution in [1.29, 1.82) is 0 Å². The fraction of sp³-hybridized carbons (Fsp3) is 0.500. The van der Waals surface area contributed by atoms with Crippen molar-refractivity contribution in [1.82, 2.24) is 0 Å². The number of halogens is 1. The molecule has 0 saturated heterocycles. The van der Waals surface area contributed by atoms with E-state index >= 15 is 0 Å². The molecule has 82 valence electrons. The molecule has 0 aliphatic heterocycles. The summed E-state index contributed by atoms with van der Waals surface area (Å²) in [5.74, 6) is -0.0717. The van der Waals surface area contributed by atoms with Gasteiger partial charge >= 0.3 is 0 Å². The molecule has 1 aliphatic rings. The molecule has 1 aromatic carbocycles. The summed E-state index contributed by atoms with van der Waals surface area (Å²) in [7, 11) is 0. The minimum absolute atomic E-state index is 0.249. The third kappa shape index (κ3) is 2.12. The first-order valence-electron chi connectivity index (χ1n) is 5.28. The summed E-state index contributed by atoms with van der Waals surface area (Å²) in [5.41, 5.74) is 0.569. The van der Waals surface area contributed by atoms with Crippen molar-refractivity contribution in [2.75, 3.05) is 0 Å². The Morgan fingerprint density at radius 2 is 2.20 bits per heavy atom. The summed E-state index contributed by atoms with van der Waals surface area (Å²) in [4.78, 5) is 0. The summed E-state index contributed by atoms with van der Waals surface area (Å²) >= 11 is 0. The molecule has 15 heavy (non-hydrogen) atoms. The zero-order chi connectivity index (χ0) is 10.8. The van der Waals surface area contributed by atoms with E-state index in [9.17, 15) is 9.50 Å². The van der Waals surface area contributed by atoms with Crippen molar-refractivity contribution < 1.29 is 14.2 Å². The summed E-state index contributed by atoms with van der Waals surface area (Å²) in [6, 6.07) is 5.07. The first-order valence-corrected chi connectivity index (χ1v) is 5.28. The van der Waals surface area contributed by atoms with Gasteiger partial charge in [-0.2, -0.15) is 0 Å². The van der Waals surface area contributed by atoms with Gasteiger partial charge in [0.15, 0.2) is 11.6 Å². The Labute approximate surface area is 88.7 Å². The Morgan fingerprint density at radius 3 is 2.87 bits per heavy atom. The Bertz CT molecular complexity index is 351. The maximum atomic E-state index is 13.6. The molecule has 0 spiro atoms. The number of aliphatic hydroxyl groups excluding tert-OH is 1. The van der Waals surface area contributed by atoms with E-state index in [0.717, 1.165) is 19.3 Å². The normalized spacial score (nSPS) is 25.5. The minimum Gasteiger partial charge on any atom is -0.485 e. The molecule has 1 aliphatic carbocycles. The molecule has 0 amide bonds. The average molecular weight is 210 g/mol. The smallest absolute Gasteiger partial charge is 0.167 e. The van der Waals surface area contributed by atoms with Gasteiger partial charge in [0.25, 0.3) is 0 Å². The number of aryl methyl sites for hydroxylation is 1. The molecular weight excluding hydrogens is 195 g/mol. The van der Waals surface area contributed by atoms with Crippen LogP contribution >= 0.6 is 0 Å². The lowest BCUT2D eigenvalue weighted by Gasteiger charge is -2.17. The molecule has 1 fully saturated rings. The van der Waals surface area contributed by atoms with Crippen LogP contribution in [-0.4, -0.2) is 17.3 Å². The third-order valence-corrected chi connectivity index (χ3v) is 2.85. The highest BCUT2D eigenvalue weighted by molar-refractivity contribution is 5.30. The Morgan fingerprint density at radius 1 is 1.40 bits per heavy atom. The highest BCUT2D eigenvalue weighted by Gasteiger charge is 2.27. The van der Waals surface area contributed by atoms with E-state index in [0.29, 0.717) is 5.56 Å². The summed E-state index contributed by atoms with van der Waals surface area (Å²) in [6.07, 6.45) is 1.79.